The van der Waals surface area contributed by atoms with Gasteiger partial charge in [0.25, 0.3) is 11.8 Å². The van der Waals surface area contributed by atoms with E-state index in [0.29, 0.717) is 23.5 Å². The maximum absolute atomic E-state index is 13.3. The van der Waals surface area contributed by atoms with Gasteiger partial charge in [-0.05, 0) is 24.6 Å². The fraction of sp³-hybridized carbons (Fsp3) is 0.333. The van der Waals surface area contributed by atoms with Crippen LogP contribution in [0.5, 0.6) is 11.5 Å². The Balaban J connectivity index is 2.19. The molecule has 0 spiro atoms. The van der Waals surface area contributed by atoms with Crippen molar-refractivity contribution in [1.29, 1.82) is 0 Å². The van der Waals surface area contributed by atoms with Crippen molar-refractivity contribution in [2.24, 2.45) is 5.73 Å². The van der Waals surface area contributed by atoms with Gasteiger partial charge in [0.1, 0.15) is 9.84 Å². The number of sulfone groups is 1. The number of hydrogen-bond donors (Lipinski definition) is 1. The van der Waals surface area contributed by atoms with E-state index < -0.39 is 33.4 Å². The summed E-state index contributed by atoms with van der Waals surface area (Å²) in [5, 5.41) is 0. The molecule has 0 radical (unpaired) electrons. The lowest BCUT2D eigenvalue weighted by atomic mass is 10.0. The Morgan fingerprint density at radius 3 is 2.40 bits per heavy atom. The minimum atomic E-state index is -3.58. The number of carbonyl (C=O) groups excluding carboxylic acids is 2. The van der Waals surface area contributed by atoms with Gasteiger partial charge in [-0.2, -0.15) is 0 Å². The van der Waals surface area contributed by atoms with Crippen LogP contribution in [-0.2, 0) is 16.4 Å². The molecule has 1 aliphatic rings. The van der Waals surface area contributed by atoms with Crippen LogP contribution in [0, 0.1) is 0 Å². The molecule has 0 saturated carbocycles. The van der Waals surface area contributed by atoms with Crippen LogP contribution in [0.1, 0.15) is 44.8 Å². The van der Waals surface area contributed by atoms with Gasteiger partial charge in [-0.25, -0.2) is 8.42 Å². The van der Waals surface area contributed by atoms with Gasteiger partial charge < -0.3 is 15.2 Å². The number of nitrogens with zero attached hydrogens (tertiary/aromatic N) is 1. The summed E-state index contributed by atoms with van der Waals surface area (Å²) in [4.78, 5) is 27.4. The number of para-hydroxylation sites is 1. The number of imide groups is 1. The van der Waals surface area contributed by atoms with Gasteiger partial charge in [-0.1, -0.05) is 24.3 Å². The van der Waals surface area contributed by atoms with E-state index in [0.717, 1.165) is 11.2 Å². The Kier molecular flexibility index (Phi) is 6.14. The molecule has 1 unspecified atom stereocenters. The quantitative estimate of drug-likeness (QED) is 0.634. The highest BCUT2D eigenvalue weighted by Crippen LogP contribution is 2.41. The predicted molar refractivity (Wildman–Crippen MR) is 111 cm³/mol. The molecule has 1 atom stereocenters. The standard InChI is InChI=1S/C21H24N2O6S/c1-4-29-17-10-6-8-14(19(17)28-2)16(12-30(3,26)27)23-20(24)15-9-5-7-13(11-22)18(15)21(23)25/h5-10,16H,4,11-12,22H2,1-3H3. The number of amides is 2. The van der Waals surface area contributed by atoms with Crippen molar-refractivity contribution in [3.63, 3.8) is 0 Å². The lowest BCUT2D eigenvalue weighted by molar-refractivity contribution is 0.0595. The number of rotatable bonds is 8. The predicted octanol–water partition coefficient (Wildman–Crippen LogP) is 1.93. The molecule has 1 aliphatic heterocycles. The second kappa shape index (κ2) is 8.45. The summed E-state index contributed by atoms with van der Waals surface area (Å²) in [7, 11) is -2.15. The lowest BCUT2D eigenvalue weighted by Gasteiger charge is -2.28. The molecule has 0 bridgehead atoms. The van der Waals surface area contributed by atoms with E-state index in [1.807, 2.05) is 0 Å². The second-order valence-corrected chi connectivity index (χ2v) is 9.13. The number of nitrogens with two attached hydrogens (primary N) is 1. The van der Waals surface area contributed by atoms with E-state index in [1.54, 1.807) is 43.3 Å². The second-order valence-electron chi connectivity index (χ2n) is 6.94. The zero-order chi connectivity index (χ0) is 22.1. The first-order valence-corrected chi connectivity index (χ1v) is 11.5. The van der Waals surface area contributed by atoms with Crippen LogP contribution in [0.3, 0.4) is 0 Å². The maximum atomic E-state index is 13.3. The molecule has 0 fully saturated rings. The molecule has 0 saturated heterocycles. The van der Waals surface area contributed by atoms with E-state index in [-0.39, 0.29) is 23.4 Å². The fourth-order valence-corrected chi connectivity index (χ4v) is 4.60. The van der Waals surface area contributed by atoms with Gasteiger partial charge in [-0.3, -0.25) is 14.5 Å². The summed E-state index contributed by atoms with van der Waals surface area (Å²) < 4.78 is 35.6. The summed E-state index contributed by atoms with van der Waals surface area (Å²) in [6.45, 7) is 2.25. The number of ether oxygens (including phenoxy) is 2. The third-order valence-electron chi connectivity index (χ3n) is 4.90. The molecule has 2 amide bonds. The van der Waals surface area contributed by atoms with Gasteiger partial charge in [-0.15, -0.1) is 0 Å². The monoisotopic (exact) mass is 432 g/mol. The zero-order valence-electron chi connectivity index (χ0n) is 17.0. The first-order chi connectivity index (χ1) is 14.2. The molecule has 0 aromatic heterocycles. The van der Waals surface area contributed by atoms with Gasteiger partial charge in [0.05, 0.1) is 36.6 Å². The topological polar surface area (TPSA) is 116 Å². The van der Waals surface area contributed by atoms with Crippen LogP contribution in [0.25, 0.3) is 0 Å². The highest BCUT2D eigenvalue weighted by Gasteiger charge is 2.43. The van der Waals surface area contributed by atoms with Crippen molar-refractivity contribution in [3.8, 4) is 11.5 Å². The van der Waals surface area contributed by atoms with E-state index in [2.05, 4.69) is 0 Å². The SMILES string of the molecule is CCOc1cccc(C(CS(C)(=O)=O)N2C(=O)c3cccc(CN)c3C2=O)c1OC. The smallest absolute Gasteiger partial charge is 0.262 e. The minimum Gasteiger partial charge on any atom is -0.492 e. The minimum absolute atomic E-state index is 0.0793. The summed E-state index contributed by atoms with van der Waals surface area (Å²) in [6, 6.07) is 8.76. The Morgan fingerprint density at radius 1 is 1.10 bits per heavy atom. The lowest BCUT2D eigenvalue weighted by Crippen LogP contribution is -2.38. The van der Waals surface area contributed by atoms with E-state index in [9.17, 15) is 18.0 Å². The highest BCUT2D eigenvalue weighted by atomic mass is 32.2. The molecule has 3 rings (SSSR count). The van der Waals surface area contributed by atoms with Gasteiger partial charge in [0.2, 0.25) is 0 Å². The summed E-state index contributed by atoms with van der Waals surface area (Å²) in [5.74, 6) is -0.919. The zero-order valence-corrected chi connectivity index (χ0v) is 17.9. The highest BCUT2D eigenvalue weighted by molar-refractivity contribution is 7.90. The number of carbonyl (C=O) groups is 2. The van der Waals surface area contributed by atoms with Crippen LogP contribution in [0.15, 0.2) is 36.4 Å². The van der Waals surface area contributed by atoms with Crippen LogP contribution >= 0.6 is 0 Å². The van der Waals surface area contributed by atoms with E-state index >= 15 is 0 Å². The van der Waals surface area contributed by atoms with Gasteiger partial charge >= 0.3 is 0 Å². The van der Waals surface area contributed by atoms with Crippen LogP contribution in [0.4, 0.5) is 0 Å². The Morgan fingerprint density at radius 2 is 1.80 bits per heavy atom. The summed E-state index contributed by atoms with van der Waals surface area (Å²) >= 11 is 0. The number of fused-ring (bicyclic) bond motifs is 1. The number of methoxy groups -OCH3 is 1. The first kappa shape index (κ1) is 21.8. The normalized spacial score (nSPS) is 14.6. The van der Waals surface area contributed by atoms with Crippen molar-refractivity contribution in [1.82, 2.24) is 4.90 Å². The average molecular weight is 432 g/mol. The van der Waals surface area contributed by atoms with Crippen molar-refractivity contribution in [2.45, 2.75) is 19.5 Å². The third kappa shape index (κ3) is 3.90. The van der Waals surface area contributed by atoms with Crippen LogP contribution in [0.2, 0.25) is 0 Å². The largest absolute Gasteiger partial charge is 0.492 e. The number of hydrogen-bond acceptors (Lipinski definition) is 7. The van der Waals surface area contributed by atoms with Gasteiger partial charge in [0.15, 0.2) is 11.5 Å². The molecule has 2 N–H and O–H groups in total. The molecule has 2 aromatic carbocycles. The van der Waals surface area contributed by atoms with Crippen molar-refractivity contribution in [2.75, 3.05) is 25.7 Å². The number of benzene rings is 2. The molecule has 160 valence electrons. The average Bonchev–Trinajstić information content (AvgIpc) is 2.96. The molecule has 1 heterocycles. The van der Waals surface area contributed by atoms with Gasteiger partial charge in [0, 0.05) is 18.4 Å². The molecular formula is C21H24N2O6S. The summed E-state index contributed by atoms with van der Waals surface area (Å²) in [6.07, 6.45) is 1.06. The molecule has 9 heteroatoms. The van der Waals surface area contributed by atoms with Crippen molar-refractivity contribution in [3.05, 3.63) is 58.7 Å². The molecule has 0 aliphatic carbocycles. The summed E-state index contributed by atoms with van der Waals surface area (Å²) in [5.41, 5.74) is 7.07. The van der Waals surface area contributed by atoms with Crippen molar-refractivity contribution >= 4 is 21.7 Å². The molecule has 8 nitrogen and oxygen atoms in total. The molecule has 30 heavy (non-hydrogen) atoms. The van der Waals surface area contributed by atoms with Crippen molar-refractivity contribution < 1.29 is 27.5 Å². The van der Waals surface area contributed by atoms with E-state index in [4.69, 9.17) is 15.2 Å². The Hall–Kier alpha value is -2.91. The molecular weight excluding hydrogens is 408 g/mol. The van der Waals surface area contributed by atoms with Crippen LogP contribution in [-0.4, -0.2) is 50.9 Å². The van der Waals surface area contributed by atoms with Crippen LogP contribution < -0.4 is 15.2 Å². The first-order valence-electron chi connectivity index (χ1n) is 9.40. The fourth-order valence-electron chi connectivity index (χ4n) is 3.70. The Bertz CT molecular complexity index is 1100. The molecule has 2 aromatic rings. The third-order valence-corrected chi connectivity index (χ3v) is 5.82. The maximum Gasteiger partial charge on any atom is 0.262 e. The Labute approximate surface area is 175 Å². The van der Waals surface area contributed by atoms with E-state index in [1.165, 1.54) is 7.11 Å².